The maximum atomic E-state index is 12.8. The van der Waals surface area contributed by atoms with E-state index in [2.05, 4.69) is 14.9 Å². The number of carbonyl (C=O) groups is 1. The molecule has 6 nitrogen and oxygen atoms in total. The summed E-state index contributed by atoms with van der Waals surface area (Å²) in [5, 5.41) is 2.82. The van der Waals surface area contributed by atoms with Crippen molar-refractivity contribution >= 4 is 9.81 Å². The third kappa shape index (κ3) is 7.03. The molecule has 1 aliphatic heterocycles. The zero-order chi connectivity index (χ0) is 22.1. The molecule has 1 aromatic carbocycles. The summed E-state index contributed by atoms with van der Waals surface area (Å²) < 4.78 is 15.1. The van der Waals surface area contributed by atoms with Gasteiger partial charge in [-0.05, 0) is 13.8 Å². The average Bonchev–Trinajstić information content (AvgIpc) is 3.21. The van der Waals surface area contributed by atoms with E-state index in [0.29, 0.717) is 23.7 Å². The Hall–Kier alpha value is -2.46. The normalized spacial score (nSPS) is 16.0. The number of amides is 1. The van der Waals surface area contributed by atoms with E-state index in [1.807, 2.05) is 56.6 Å². The van der Waals surface area contributed by atoms with Gasteiger partial charge in [0.1, 0.15) is 0 Å². The second-order valence-electron chi connectivity index (χ2n) is 7.59. The van der Waals surface area contributed by atoms with Crippen molar-refractivity contribution in [3.63, 3.8) is 0 Å². The number of aromatic nitrogens is 2. The van der Waals surface area contributed by atoms with Gasteiger partial charge in [-0.15, -0.1) is 0 Å². The summed E-state index contributed by atoms with van der Waals surface area (Å²) >= 11 is 1.36. The van der Waals surface area contributed by atoms with Crippen LogP contribution in [0.3, 0.4) is 0 Å². The minimum absolute atomic E-state index is 0.0310. The van der Waals surface area contributed by atoms with E-state index in [1.54, 1.807) is 12.3 Å². The van der Waals surface area contributed by atoms with Crippen molar-refractivity contribution in [1.82, 2.24) is 14.9 Å². The summed E-state index contributed by atoms with van der Waals surface area (Å²) in [5.74, 6) is 2.02. The van der Waals surface area contributed by atoms with Gasteiger partial charge < -0.3 is 0 Å². The molecule has 0 fully saturated rings. The van der Waals surface area contributed by atoms with E-state index in [0.717, 1.165) is 42.0 Å². The first-order valence-corrected chi connectivity index (χ1v) is 12.1. The van der Waals surface area contributed by atoms with Crippen molar-refractivity contribution in [2.45, 2.75) is 52.2 Å². The van der Waals surface area contributed by atoms with Crippen molar-refractivity contribution in [2.75, 3.05) is 6.61 Å². The summed E-state index contributed by atoms with van der Waals surface area (Å²) in [7, 11) is 0. The molecule has 0 aliphatic carbocycles. The molecule has 164 valence electrons. The molecule has 2 aromatic rings. The molecule has 0 radical (unpaired) electrons. The van der Waals surface area contributed by atoms with Gasteiger partial charge in [0.05, 0.1) is 0 Å². The molecule has 7 heteroatoms. The third-order valence-corrected chi connectivity index (χ3v) is 5.87. The number of aryl methyl sites for hydroxylation is 1. The monoisotopic (exact) mass is 591 g/mol. The van der Waals surface area contributed by atoms with Crippen LogP contribution in [0.25, 0.3) is 0 Å². The van der Waals surface area contributed by atoms with Gasteiger partial charge in [-0.2, -0.15) is 0 Å². The first kappa shape index (κ1) is 23.2. The van der Waals surface area contributed by atoms with E-state index in [1.165, 1.54) is 19.4 Å². The van der Waals surface area contributed by atoms with Crippen LogP contribution in [0.4, 0.5) is 0 Å². The zero-order valence-electron chi connectivity index (χ0n) is 18.0. The number of fused-ring (bicyclic) bond motifs is 2. The molecule has 1 N–H and O–H groups in total. The van der Waals surface area contributed by atoms with Crippen LogP contribution in [0.15, 0.2) is 55.0 Å². The van der Waals surface area contributed by atoms with E-state index in [-0.39, 0.29) is 12.0 Å². The van der Waals surface area contributed by atoms with Gasteiger partial charge >= 0.3 is 181 Å². The van der Waals surface area contributed by atoms with Gasteiger partial charge in [-0.3, -0.25) is 0 Å². The molecule has 0 atom stereocenters. The van der Waals surface area contributed by atoms with Crippen molar-refractivity contribution < 1.29 is 33.6 Å². The van der Waals surface area contributed by atoms with Gasteiger partial charge in [0.25, 0.3) is 0 Å². The number of rotatable bonds is 2. The van der Waals surface area contributed by atoms with E-state index >= 15 is 0 Å². The predicted molar refractivity (Wildman–Crippen MR) is 118 cm³/mol. The number of allylic oxidation sites excluding steroid dienone is 3. The van der Waals surface area contributed by atoms with E-state index < -0.39 is 0 Å². The number of hydrogen-bond donors (Lipinski definition) is 1. The number of nitrogens with one attached hydrogen (secondary N) is 1. The van der Waals surface area contributed by atoms with Crippen LogP contribution in [-0.2, 0) is 25.9 Å². The fourth-order valence-corrected chi connectivity index (χ4v) is 4.16. The number of imidazole rings is 1. The Labute approximate surface area is 194 Å². The topological polar surface area (TPSA) is 65.4 Å². The summed E-state index contributed by atoms with van der Waals surface area (Å²) in [6.07, 6.45) is 15.6. The SMILES string of the molecule is CC(C)Oc1ccc2c(c1)C(=O)NC=CC=C[C](=[W])c1nccn1CCCCCCO2. The summed E-state index contributed by atoms with van der Waals surface area (Å²) in [6.45, 7) is 5.46. The molecule has 0 bridgehead atoms. The fraction of sp³-hybridized carbons (Fsp3) is 0.375. The number of carbonyl (C=O) groups excluding carboxylic acids is 1. The van der Waals surface area contributed by atoms with Crippen molar-refractivity contribution in [1.29, 1.82) is 0 Å². The maximum absolute atomic E-state index is 12.8. The van der Waals surface area contributed by atoms with Crippen LogP contribution in [0.5, 0.6) is 11.5 Å². The summed E-state index contributed by atoms with van der Waals surface area (Å²) in [4.78, 5) is 17.3. The number of hydrogen-bond acceptors (Lipinski definition) is 4. The van der Waals surface area contributed by atoms with Gasteiger partial charge in [0.2, 0.25) is 0 Å². The molecular weight excluding hydrogens is 562 g/mol. The first-order chi connectivity index (χ1) is 15.0. The van der Waals surface area contributed by atoms with Crippen LogP contribution in [0.1, 0.15) is 55.7 Å². The molecule has 0 saturated heterocycles. The van der Waals surface area contributed by atoms with Crippen molar-refractivity contribution in [2.24, 2.45) is 0 Å². The Bertz CT molecular complexity index is 963. The summed E-state index contributed by atoms with van der Waals surface area (Å²) in [5.41, 5.74) is 0.474. The molecule has 3 rings (SSSR count). The molecule has 0 spiro atoms. The first-order valence-electron chi connectivity index (χ1n) is 10.7. The molecule has 0 unspecified atom stereocenters. The fourth-order valence-electron chi connectivity index (χ4n) is 3.27. The van der Waals surface area contributed by atoms with Gasteiger partial charge in [-0.25, -0.2) is 0 Å². The summed E-state index contributed by atoms with van der Waals surface area (Å²) in [6, 6.07) is 5.41. The molecule has 31 heavy (non-hydrogen) atoms. The molecule has 1 amide bonds. The van der Waals surface area contributed by atoms with E-state index in [4.69, 9.17) is 9.47 Å². The Kier molecular flexibility index (Phi) is 8.83. The Balaban J connectivity index is 1.78. The quantitative estimate of drug-likeness (QED) is 0.570. The zero-order valence-corrected chi connectivity index (χ0v) is 21.0. The Morgan fingerprint density at radius 1 is 1.19 bits per heavy atom. The minimum atomic E-state index is -0.225. The molecule has 0 saturated carbocycles. The van der Waals surface area contributed by atoms with Crippen LogP contribution < -0.4 is 14.8 Å². The molecule has 2 heterocycles. The van der Waals surface area contributed by atoms with Gasteiger partial charge in [0, 0.05) is 0 Å². The number of ether oxygens (including phenoxy) is 2. The van der Waals surface area contributed by atoms with Crippen LogP contribution in [0.2, 0.25) is 0 Å². The predicted octanol–water partition coefficient (Wildman–Crippen LogP) is 4.19. The second kappa shape index (κ2) is 11.8. The van der Waals surface area contributed by atoms with Gasteiger partial charge in [0.15, 0.2) is 0 Å². The van der Waals surface area contributed by atoms with Crippen LogP contribution in [0, 0.1) is 0 Å². The van der Waals surface area contributed by atoms with Crippen LogP contribution >= 0.6 is 0 Å². The second-order valence-corrected chi connectivity index (χ2v) is 9.17. The molecular formula is C24H29N3O3W. The Morgan fingerprint density at radius 3 is 2.87 bits per heavy atom. The Morgan fingerprint density at radius 2 is 2.03 bits per heavy atom. The molecule has 1 aromatic heterocycles. The standard InChI is InChI=1S/C24H29N3O3.W/c1-19(2)30-20-11-12-22-21(18-20)24(28)26-13-7-5-6-10-23-25-14-16-27(23)15-8-3-4-9-17-29-22;/h5-7,11-14,16,18-19H,3-4,8-9,15,17H2,1-2H3,(H,26,28);. The molecule has 1 aliphatic rings. The van der Waals surface area contributed by atoms with Crippen LogP contribution in [-0.4, -0.2) is 32.1 Å². The van der Waals surface area contributed by atoms with Gasteiger partial charge in [-0.1, -0.05) is 0 Å². The number of nitrogens with zero attached hydrogens (tertiary/aromatic N) is 2. The van der Waals surface area contributed by atoms with E-state index in [9.17, 15) is 4.79 Å². The average molecular weight is 591 g/mol. The third-order valence-electron chi connectivity index (χ3n) is 4.72. The van der Waals surface area contributed by atoms with Crippen molar-refractivity contribution in [3.8, 4) is 11.5 Å². The van der Waals surface area contributed by atoms with Crippen molar-refractivity contribution in [3.05, 3.63) is 66.4 Å². The number of benzene rings is 1.